The largest absolute Gasteiger partial charge is 0.484 e. The number of aliphatic hydroxyl groups is 1. The second kappa shape index (κ2) is 8.28. The van der Waals surface area contributed by atoms with Crippen molar-refractivity contribution in [2.45, 2.75) is 24.2 Å². The third-order valence-corrected chi connectivity index (χ3v) is 5.49. The zero-order chi connectivity index (χ0) is 16.7. The van der Waals surface area contributed by atoms with E-state index in [4.69, 9.17) is 9.84 Å². The molecule has 1 aliphatic rings. The molecule has 0 atom stereocenters. The van der Waals surface area contributed by atoms with E-state index in [1.54, 1.807) is 0 Å². The minimum atomic E-state index is -3.45. The first-order chi connectivity index (χ1) is 11.0. The van der Waals surface area contributed by atoms with Gasteiger partial charge in [0.1, 0.15) is 5.75 Å². The zero-order valence-corrected chi connectivity index (χ0v) is 13.7. The highest BCUT2D eigenvalue weighted by molar-refractivity contribution is 7.89. The maximum absolute atomic E-state index is 12.5. The van der Waals surface area contributed by atoms with Gasteiger partial charge >= 0.3 is 0 Å². The van der Waals surface area contributed by atoms with Crippen molar-refractivity contribution in [2.75, 3.05) is 32.8 Å². The number of benzene rings is 1. The second-order valence-electron chi connectivity index (χ2n) is 5.30. The topological polar surface area (TPSA) is 95.9 Å². The Morgan fingerprint density at radius 1 is 1.17 bits per heavy atom. The SMILES string of the molecule is O=C(COc1ccc(S(=O)(=O)N2CCCCC2)cc1)NCCO. The lowest BCUT2D eigenvalue weighted by Gasteiger charge is -2.25. The van der Waals surface area contributed by atoms with Gasteiger partial charge in [0, 0.05) is 19.6 Å². The lowest BCUT2D eigenvalue weighted by Crippen LogP contribution is -2.35. The maximum Gasteiger partial charge on any atom is 0.258 e. The van der Waals surface area contributed by atoms with Gasteiger partial charge in [0.25, 0.3) is 5.91 Å². The van der Waals surface area contributed by atoms with Gasteiger partial charge in [0.2, 0.25) is 10.0 Å². The van der Waals surface area contributed by atoms with Gasteiger partial charge in [0.15, 0.2) is 6.61 Å². The summed E-state index contributed by atoms with van der Waals surface area (Å²) in [6.07, 6.45) is 2.85. The Bertz CT molecular complexity index is 609. The summed E-state index contributed by atoms with van der Waals surface area (Å²) in [4.78, 5) is 11.6. The van der Waals surface area contributed by atoms with Crippen molar-refractivity contribution in [1.82, 2.24) is 9.62 Å². The number of hydrogen-bond donors (Lipinski definition) is 2. The predicted molar refractivity (Wildman–Crippen MR) is 84.6 cm³/mol. The van der Waals surface area contributed by atoms with Gasteiger partial charge in [0.05, 0.1) is 11.5 Å². The van der Waals surface area contributed by atoms with Crippen molar-refractivity contribution in [2.24, 2.45) is 0 Å². The van der Waals surface area contributed by atoms with E-state index in [9.17, 15) is 13.2 Å². The van der Waals surface area contributed by atoms with Crippen molar-refractivity contribution in [3.63, 3.8) is 0 Å². The van der Waals surface area contributed by atoms with Gasteiger partial charge in [-0.3, -0.25) is 4.79 Å². The Balaban J connectivity index is 1.94. The van der Waals surface area contributed by atoms with E-state index in [0.29, 0.717) is 18.8 Å². The average molecular weight is 342 g/mol. The molecule has 2 N–H and O–H groups in total. The highest BCUT2D eigenvalue weighted by Gasteiger charge is 2.25. The lowest BCUT2D eigenvalue weighted by atomic mass is 10.2. The molecule has 1 aromatic carbocycles. The number of amides is 1. The first-order valence-electron chi connectivity index (χ1n) is 7.64. The fourth-order valence-electron chi connectivity index (χ4n) is 2.36. The fourth-order valence-corrected chi connectivity index (χ4v) is 3.87. The van der Waals surface area contributed by atoms with Crippen LogP contribution in [0.3, 0.4) is 0 Å². The number of hydrogen-bond acceptors (Lipinski definition) is 5. The lowest BCUT2D eigenvalue weighted by molar-refractivity contribution is -0.123. The number of carbonyl (C=O) groups is 1. The van der Waals surface area contributed by atoms with Gasteiger partial charge in [-0.05, 0) is 37.1 Å². The van der Waals surface area contributed by atoms with Gasteiger partial charge in [-0.2, -0.15) is 4.31 Å². The highest BCUT2D eigenvalue weighted by Crippen LogP contribution is 2.22. The van der Waals surface area contributed by atoms with Crippen LogP contribution in [0, 0.1) is 0 Å². The van der Waals surface area contributed by atoms with Gasteiger partial charge in [-0.15, -0.1) is 0 Å². The molecule has 128 valence electrons. The van der Waals surface area contributed by atoms with Crippen LogP contribution in [-0.2, 0) is 14.8 Å². The van der Waals surface area contributed by atoms with Crippen LogP contribution in [0.15, 0.2) is 29.2 Å². The smallest absolute Gasteiger partial charge is 0.258 e. The first kappa shape index (κ1) is 17.7. The molecule has 0 aromatic heterocycles. The zero-order valence-electron chi connectivity index (χ0n) is 12.9. The number of aliphatic hydroxyl groups excluding tert-OH is 1. The molecule has 0 spiro atoms. The summed E-state index contributed by atoms with van der Waals surface area (Å²) in [7, 11) is -3.45. The van der Waals surface area contributed by atoms with Crippen LogP contribution in [0.5, 0.6) is 5.75 Å². The maximum atomic E-state index is 12.5. The van der Waals surface area contributed by atoms with Gasteiger partial charge in [-0.1, -0.05) is 6.42 Å². The molecule has 1 aliphatic heterocycles. The fraction of sp³-hybridized carbons (Fsp3) is 0.533. The van der Waals surface area contributed by atoms with Crippen molar-refractivity contribution in [3.8, 4) is 5.75 Å². The van der Waals surface area contributed by atoms with E-state index in [1.165, 1.54) is 28.6 Å². The number of piperidine rings is 1. The van der Waals surface area contributed by atoms with E-state index in [-0.39, 0.29) is 30.6 Å². The highest BCUT2D eigenvalue weighted by atomic mass is 32.2. The van der Waals surface area contributed by atoms with Crippen molar-refractivity contribution in [3.05, 3.63) is 24.3 Å². The Hall–Kier alpha value is -1.64. The summed E-state index contributed by atoms with van der Waals surface area (Å²) in [6.45, 7) is 0.986. The normalized spacial score (nSPS) is 16.0. The summed E-state index contributed by atoms with van der Waals surface area (Å²) < 4.78 is 31.7. The summed E-state index contributed by atoms with van der Waals surface area (Å²) in [5.41, 5.74) is 0. The Morgan fingerprint density at radius 3 is 2.43 bits per heavy atom. The average Bonchev–Trinajstić information content (AvgIpc) is 2.59. The molecule has 0 unspecified atom stereocenters. The number of ether oxygens (including phenoxy) is 1. The summed E-state index contributed by atoms with van der Waals surface area (Å²) in [5, 5.41) is 11.1. The molecule has 1 amide bonds. The molecule has 0 radical (unpaired) electrons. The number of rotatable bonds is 7. The number of carbonyl (C=O) groups excluding carboxylic acids is 1. The molecule has 0 bridgehead atoms. The summed E-state index contributed by atoms with van der Waals surface area (Å²) in [6, 6.07) is 6.06. The van der Waals surface area contributed by atoms with E-state index in [1.807, 2.05) is 0 Å². The molecule has 0 saturated carbocycles. The molecule has 8 heteroatoms. The monoisotopic (exact) mass is 342 g/mol. The van der Waals surface area contributed by atoms with Crippen LogP contribution in [0.25, 0.3) is 0 Å². The van der Waals surface area contributed by atoms with Crippen LogP contribution in [-0.4, -0.2) is 56.6 Å². The van der Waals surface area contributed by atoms with Gasteiger partial charge in [-0.25, -0.2) is 8.42 Å². The van der Waals surface area contributed by atoms with Crippen LogP contribution >= 0.6 is 0 Å². The molecule has 0 aliphatic carbocycles. The van der Waals surface area contributed by atoms with E-state index >= 15 is 0 Å². The van der Waals surface area contributed by atoms with E-state index < -0.39 is 10.0 Å². The molecule has 23 heavy (non-hydrogen) atoms. The van der Waals surface area contributed by atoms with Crippen LogP contribution in [0.1, 0.15) is 19.3 Å². The third kappa shape index (κ3) is 4.92. The molecule has 7 nitrogen and oxygen atoms in total. The molecule has 1 heterocycles. The van der Waals surface area contributed by atoms with Crippen molar-refractivity contribution >= 4 is 15.9 Å². The molecular formula is C15H22N2O5S. The Kier molecular flexibility index (Phi) is 6.37. The quantitative estimate of drug-likeness (QED) is 0.745. The second-order valence-corrected chi connectivity index (χ2v) is 7.24. The number of nitrogens with one attached hydrogen (secondary N) is 1. The third-order valence-electron chi connectivity index (χ3n) is 3.58. The molecular weight excluding hydrogens is 320 g/mol. The van der Waals surface area contributed by atoms with E-state index in [0.717, 1.165) is 19.3 Å². The molecule has 1 fully saturated rings. The van der Waals surface area contributed by atoms with Crippen LogP contribution in [0.4, 0.5) is 0 Å². The van der Waals surface area contributed by atoms with Crippen molar-refractivity contribution in [1.29, 1.82) is 0 Å². The minimum absolute atomic E-state index is 0.130. The molecule has 1 aromatic rings. The number of sulfonamides is 1. The Labute approximate surface area is 136 Å². The summed E-state index contributed by atoms with van der Waals surface area (Å²) >= 11 is 0. The first-order valence-corrected chi connectivity index (χ1v) is 9.08. The van der Waals surface area contributed by atoms with Crippen molar-refractivity contribution < 1.29 is 23.1 Å². The minimum Gasteiger partial charge on any atom is -0.484 e. The molecule has 2 rings (SSSR count). The number of nitrogens with zero attached hydrogens (tertiary/aromatic N) is 1. The molecule has 1 saturated heterocycles. The van der Waals surface area contributed by atoms with Crippen LogP contribution < -0.4 is 10.1 Å². The Morgan fingerprint density at radius 2 is 1.83 bits per heavy atom. The van der Waals surface area contributed by atoms with Crippen LogP contribution in [0.2, 0.25) is 0 Å². The van der Waals surface area contributed by atoms with Gasteiger partial charge < -0.3 is 15.2 Å². The summed E-state index contributed by atoms with van der Waals surface area (Å²) in [5.74, 6) is 0.0748. The van der Waals surface area contributed by atoms with E-state index in [2.05, 4.69) is 5.32 Å². The predicted octanol–water partition coefficient (Wildman–Crippen LogP) is 0.349. The standard InChI is InChI=1S/C15H22N2O5S/c18-11-8-16-15(19)12-22-13-4-6-14(7-5-13)23(20,21)17-9-2-1-3-10-17/h4-7,18H,1-3,8-12H2,(H,16,19).